The van der Waals surface area contributed by atoms with Gasteiger partial charge in [-0.1, -0.05) is 161 Å². The lowest BCUT2D eigenvalue weighted by Crippen LogP contribution is -2.67. The molecule has 0 aromatic carbocycles. The van der Waals surface area contributed by atoms with E-state index in [4.69, 9.17) is 0 Å². The van der Waals surface area contributed by atoms with Crippen LogP contribution in [-0.2, 0) is 9.59 Å². The number of hydrogen-bond donors (Lipinski definition) is 3. The van der Waals surface area contributed by atoms with E-state index < -0.39 is 6.04 Å². The van der Waals surface area contributed by atoms with Gasteiger partial charge in [0, 0.05) is 19.5 Å². The molecule has 1 atom stereocenters. The van der Waals surface area contributed by atoms with Gasteiger partial charge in [-0.3, -0.25) is 18.6 Å². The topological polar surface area (TPSA) is 70.2 Å². The van der Waals surface area contributed by atoms with Crippen LogP contribution in [0, 0.1) is 0 Å². The number of unbranched alkanes of at least 4 members (excludes halogenated alkanes) is 24. The van der Waals surface area contributed by atoms with Gasteiger partial charge in [-0.15, -0.1) is 0 Å². The number of rotatable bonds is 38. The second-order valence-electron chi connectivity index (χ2n) is 17.7. The number of quaternary nitrogens is 2. The largest absolute Gasteiger partial charge is 0.354 e. The van der Waals surface area contributed by atoms with E-state index in [1.165, 1.54) is 148 Å². The lowest BCUT2D eigenvalue weighted by Gasteiger charge is -2.42. The fourth-order valence-electron chi connectivity index (χ4n) is 7.49. The third-order valence-electron chi connectivity index (χ3n) is 10.4. The Kier molecular flexibility index (Phi) is 33.1. The quantitative estimate of drug-likeness (QED) is 0.0256. The standard InChI is InChI=1S/C45H91N5O2/c1-9-11-13-15-17-19-21-23-25-26-28-30-32-34-36-38-43(51)48-42(39-41-47-45(49(3,4)5)50(6,7)8)44(52)46-40-37-35-33-31-29-27-24-22-20-18-16-14-12-10-2/h23,25,42,45,47H,9-22,24,26-41H2,1-8H3/p+2. The Balaban J connectivity index is 4.43. The first-order valence-corrected chi connectivity index (χ1v) is 22.5. The molecule has 0 spiro atoms. The van der Waals surface area contributed by atoms with Crippen molar-refractivity contribution < 1.29 is 18.6 Å². The number of hydrogen-bond acceptors (Lipinski definition) is 3. The lowest BCUT2D eigenvalue weighted by atomic mass is 10.0. The number of allylic oxidation sites excluding steroid dienone is 2. The minimum Gasteiger partial charge on any atom is -0.354 e. The molecule has 0 aromatic heterocycles. The van der Waals surface area contributed by atoms with Crippen molar-refractivity contribution in [2.45, 2.75) is 212 Å². The highest BCUT2D eigenvalue weighted by atomic mass is 16.2. The second kappa shape index (κ2) is 34.1. The molecule has 0 radical (unpaired) electrons. The van der Waals surface area contributed by atoms with Gasteiger partial charge in [-0.25, -0.2) is 5.32 Å². The van der Waals surface area contributed by atoms with Crippen LogP contribution in [0.3, 0.4) is 0 Å². The Morgan fingerprint density at radius 3 is 1.31 bits per heavy atom. The van der Waals surface area contributed by atoms with Crippen LogP contribution in [0.25, 0.3) is 0 Å². The summed E-state index contributed by atoms with van der Waals surface area (Å²) < 4.78 is 1.53. The molecule has 7 nitrogen and oxygen atoms in total. The van der Waals surface area contributed by atoms with Crippen LogP contribution in [0.15, 0.2) is 12.2 Å². The summed E-state index contributed by atoms with van der Waals surface area (Å²) in [6.45, 7) is 5.91. The maximum Gasteiger partial charge on any atom is 0.275 e. The van der Waals surface area contributed by atoms with Crippen molar-refractivity contribution in [3.63, 3.8) is 0 Å². The van der Waals surface area contributed by atoms with Gasteiger partial charge in [0.2, 0.25) is 11.8 Å². The van der Waals surface area contributed by atoms with Gasteiger partial charge in [0.05, 0.1) is 42.3 Å². The molecule has 2 amide bonds. The zero-order valence-corrected chi connectivity index (χ0v) is 36.4. The number of nitrogens with zero attached hydrogens (tertiary/aromatic N) is 2. The maximum absolute atomic E-state index is 13.3. The summed E-state index contributed by atoms with van der Waals surface area (Å²) in [5, 5.41) is 9.96. The molecule has 1 unspecified atom stereocenters. The molecule has 7 heteroatoms. The Morgan fingerprint density at radius 1 is 0.500 bits per heavy atom. The van der Waals surface area contributed by atoms with Crippen molar-refractivity contribution in [2.24, 2.45) is 0 Å². The predicted octanol–water partition coefficient (Wildman–Crippen LogP) is 10.8. The first kappa shape index (κ1) is 50.6. The summed E-state index contributed by atoms with van der Waals surface area (Å²) in [5.41, 5.74) is 0. The SMILES string of the molecule is CCCCCCCCC=CCCCCCCCC(=O)NC(CCNC([N+](C)(C)C)[N+](C)(C)C)C(=O)NCCCCCCCCCCCCCCCC. The van der Waals surface area contributed by atoms with Gasteiger partial charge in [-0.05, 0) is 44.9 Å². The van der Waals surface area contributed by atoms with Crippen molar-refractivity contribution in [2.75, 3.05) is 55.4 Å². The van der Waals surface area contributed by atoms with Crippen LogP contribution in [0.5, 0.6) is 0 Å². The highest BCUT2D eigenvalue weighted by Gasteiger charge is 2.35. The van der Waals surface area contributed by atoms with Gasteiger partial charge in [0.1, 0.15) is 6.04 Å². The fourth-order valence-corrected chi connectivity index (χ4v) is 7.49. The second-order valence-corrected chi connectivity index (χ2v) is 17.7. The van der Waals surface area contributed by atoms with Crippen LogP contribution in [0.2, 0.25) is 0 Å². The van der Waals surface area contributed by atoms with Crippen LogP contribution >= 0.6 is 0 Å². The predicted molar refractivity (Wildman–Crippen MR) is 227 cm³/mol. The number of nitrogens with one attached hydrogen (secondary N) is 3. The molecule has 0 saturated carbocycles. The number of amides is 2. The molecule has 0 fully saturated rings. The van der Waals surface area contributed by atoms with Gasteiger partial charge < -0.3 is 10.6 Å². The summed E-state index contributed by atoms with van der Waals surface area (Å²) in [7, 11) is 13.2. The zero-order chi connectivity index (χ0) is 38.8. The smallest absolute Gasteiger partial charge is 0.275 e. The van der Waals surface area contributed by atoms with E-state index in [0.717, 1.165) is 34.6 Å². The van der Waals surface area contributed by atoms with Crippen LogP contribution in [-0.4, -0.2) is 88.5 Å². The van der Waals surface area contributed by atoms with Crippen LogP contribution < -0.4 is 16.0 Å². The van der Waals surface area contributed by atoms with Gasteiger partial charge in [-0.2, -0.15) is 0 Å². The molecule has 0 rings (SSSR count). The minimum absolute atomic E-state index is 0.00373. The molecule has 0 aromatic rings. The molecule has 3 N–H and O–H groups in total. The molecule has 0 aliphatic rings. The summed E-state index contributed by atoms with van der Waals surface area (Å²) in [6.07, 6.45) is 40.7. The average molecular weight is 736 g/mol. The molecular formula is C45H93N5O2+2. The Morgan fingerprint density at radius 2 is 0.885 bits per heavy atom. The Bertz CT molecular complexity index is 834. The normalized spacial score (nSPS) is 12.9. The third kappa shape index (κ3) is 32.0. The highest BCUT2D eigenvalue weighted by molar-refractivity contribution is 5.87. The average Bonchev–Trinajstić information content (AvgIpc) is 3.08. The number of carbonyl (C=O) groups excluding carboxylic acids is 2. The van der Waals surface area contributed by atoms with Crippen LogP contribution in [0.4, 0.5) is 0 Å². The molecule has 0 saturated heterocycles. The third-order valence-corrected chi connectivity index (χ3v) is 10.4. The molecule has 52 heavy (non-hydrogen) atoms. The molecule has 308 valence electrons. The van der Waals surface area contributed by atoms with Gasteiger partial charge in [0.15, 0.2) is 0 Å². The Hall–Kier alpha value is -1.44. The summed E-state index contributed by atoms with van der Waals surface area (Å²) in [4.78, 5) is 26.3. The molecule has 0 aliphatic carbocycles. The highest BCUT2D eigenvalue weighted by Crippen LogP contribution is 2.14. The van der Waals surface area contributed by atoms with E-state index >= 15 is 0 Å². The summed E-state index contributed by atoms with van der Waals surface area (Å²) in [6, 6.07) is -0.504. The van der Waals surface area contributed by atoms with E-state index in [9.17, 15) is 9.59 Å². The zero-order valence-electron chi connectivity index (χ0n) is 36.4. The summed E-state index contributed by atoms with van der Waals surface area (Å²) >= 11 is 0. The first-order chi connectivity index (χ1) is 24.9. The van der Waals surface area contributed by atoms with Crippen molar-refractivity contribution >= 4 is 11.8 Å². The first-order valence-electron chi connectivity index (χ1n) is 22.5. The minimum atomic E-state index is -0.504. The van der Waals surface area contributed by atoms with E-state index in [0.29, 0.717) is 25.9 Å². The van der Waals surface area contributed by atoms with E-state index in [1.807, 2.05) is 0 Å². The molecule has 0 bridgehead atoms. The molecule has 0 aliphatic heterocycles. The van der Waals surface area contributed by atoms with E-state index in [2.05, 4.69) is 84.2 Å². The summed E-state index contributed by atoms with van der Waals surface area (Å²) in [5.74, 6) is -0.0366. The van der Waals surface area contributed by atoms with Gasteiger partial charge in [0.25, 0.3) is 6.29 Å². The molecular weight excluding hydrogens is 643 g/mol. The van der Waals surface area contributed by atoms with Crippen molar-refractivity contribution in [1.82, 2.24) is 16.0 Å². The van der Waals surface area contributed by atoms with E-state index in [1.54, 1.807) is 0 Å². The van der Waals surface area contributed by atoms with Gasteiger partial charge >= 0.3 is 0 Å². The fraction of sp³-hybridized carbons (Fsp3) is 0.911. The van der Waals surface area contributed by atoms with Crippen molar-refractivity contribution in [3.8, 4) is 0 Å². The van der Waals surface area contributed by atoms with Crippen molar-refractivity contribution in [1.29, 1.82) is 0 Å². The maximum atomic E-state index is 13.3. The van der Waals surface area contributed by atoms with Crippen molar-refractivity contribution in [3.05, 3.63) is 12.2 Å². The monoisotopic (exact) mass is 736 g/mol. The van der Waals surface area contributed by atoms with Crippen LogP contribution in [0.1, 0.15) is 200 Å². The van der Waals surface area contributed by atoms with E-state index in [-0.39, 0.29) is 18.1 Å². The number of carbonyl (C=O) groups is 2. The molecule has 0 heterocycles. The Labute approximate surface area is 325 Å². The lowest BCUT2D eigenvalue weighted by molar-refractivity contribution is -1.09.